The van der Waals surface area contributed by atoms with Gasteiger partial charge in [-0.3, -0.25) is 0 Å². The van der Waals surface area contributed by atoms with Crippen molar-refractivity contribution in [3.63, 3.8) is 0 Å². The van der Waals surface area contributed by atoms with Crippen molar-refractivity contribution in [2.45, 2.75) is 22.2 Å². The van der Waals surface area contributed by atoms with Crippen LogP contribution in [0.15, 0.2) is 45.3 Å². The number of aromatic nitrogens is 3. The molecular formula is C18H17F3N4O3S2. The molecule has 2 aromatic heterocycles. The van der Waals surface area contributed by atoms with Crippen molar-refractivity contribution in [3.8, 4) is 11.5 Å². The van der Waals surface area contributed by atoms with Crippen molar-refractivity contribution in [1.82, 2.24) is 14.5 Å². The summed E-state index contributed by atoms with van der Waals surface area (Å²) in [5.74, 6) is 0.200. The second kappa shape index (κ2) is 8.26. The summed E-state index contributed by atoms with van der Waals surface area (Å²) < 4.78 is 64.2. The molecule has 0 radical (unpaired) electrons. The standard InChI is InChI=1S/C18H17F3N4O3S2/c1-4-28-22-10-11-5-8-15(30(3,26)27)16(23-11)17-24-13-9-12(29-18(19,20)21)6-7-14(13)25(17)2/h5-10H,4H2,1-3H3/b22-10+. The number of nitrogens with zero attached hydrogens (tertiary/aromatic N) is 4. The number of alkyl halides is 3. The molecule has 0 amide bonds. The molecule has 0 fully saturated rings. The van der Waals surface area contributed by atoms with E-state index in [1.165, 1.54) is 36.5 Å². The van der Waals surface area contributed by atoms with Gasteiger partial charge in [0.25, 0.3) is 0 Å². The topological polar surface area (TPSA) is 86.4 Å². The maximum Gasteiger partial charge on any atom is 0.446 e. The molecule has 0 aliphatic heterocycles. The summed E-state index contributed by atoms with van der Waals surface area (Å²) in [4.78, 5) is 13.5. The lowest BCUT2D eigenvalue weighted by Crippen LogP contribution is -2.06. The third-order valence-electron chi connectivity index (χ3n) is 3.97. The summed E-state index contributed by atoms with van der Waals surface area (Å²) in [6.07, 6.45) is 2.38. The van der Waals surface area contributed by atoms with Gasteiger partial charge in [-0.2, -0.15) is 13.2 Å². The monoisotopic (exact) mass is 458 g/mol. The molecule has 7 nitrogen and oxygen atoms in total. The SMILES string of the molecule is CCO/N=C/c1ccc(S(C)(=O)=O)c(-c2nc3cc(SC(F)(F)F)ccc3n2C)n1. The molecule has 0 saturated heterocycles. The first-order chi connectivity index (χ1) is 14.0. The number of aryl methyl sites for hydroxylation is 1. The maximum atomic E-state index is 12.7. The molecule has 0 N–H and O–H groups in total. The minimum atomic E-state index is -4.43. The van der Waals surface area contributed by atoms with Crippen molar-refractivity contribution in [2.24, 2.45) is 12.2 Å². The average molecular weight is 458 g/mol. The van der Waals surface area contributed by atoms with Crippen LogP contribution < -0.4 is 0 Å². The lowest BCUT2D eigenvalue weighted by Gasteiger charge is -2.08. The van der Waals surface area contributed by atoms with Crippen LogP contribution in [0.25, 0.3) is 22.6 Å². The van der Waals surface area contributed by atoms with Crippen LogP contribution in [0.3, 0.4) is 0 Å². The Morgan fingerprint density at radius 3 is 2.60 bits per heavy atom. The quantitative estimate of drug-likeness (QED) is 0.315. The van der Waals surface area contributed by atoms with Gasteiger partial charge in [-0.05, 0) is 49.0 Å². The smallest absolute Gasteiger partial charge is 0.396 e. The molecule has 2 heterocycles. The molecule has 0 unspecified atom stereocenters. The third kappa shape index (κ3) is 4.93. The normalized spacial score (nSPS) is 12.7. The fourth-order valence-electron chi connectivity index (χ4n) is 2.75. The van der Waals surface area contributed by atoms with E-state index in [4.69, 9.17) is 4.84 Å². The average Bonchev–Trinajstić information content (AvgIpc) is 2.95. The Bertz CT molecular complexity index is 1220. The molecule has 1 aromatic carbocycles. The molecule has 160 valence electrons. The van der Waals surface area contributed by atoms with Crippen LogP contribution >= 0.6 is 11.8 Å². The third-order valence-corrected chi connectivity index (χ3v) is 5.81. The molecule has 0 aliphatic rings. The molecule has 0 saturated carbocycles. The maximum absolute atomic E-state index is 12.7. The highest BCUT2D eigenvalue weighted by atomic mass is 32.2. The van der Waals surface area contributed by atoms with Crippen LogP contribution in [-0.4, -0.2) is 47.5 Å². The van der Waals surface area contributed by atoms with Gasteiger partial charge in [0.15, 0.2) is 15.7 Å². The fraction of sp³-hybridized carbons (Fsp3) is 0.278. The summed E-state index contributed by atoms with van der Waals surface area (Å²) in [5.41, 5.74) is -3.19. The summed E-state index contributed by atoms with van der Waals surface area (Å²) in [7, 11) is -2.02. The Hall–Kier alpha value is -2.60. The van der Waals surface area contributed by atoms with E-state index in [-0.39, 0.29) is 38.6 Å². The lowest BCUT2D eigenvalue weighted by molar-refractivity contribution is -0.0328. The number of rotatable bonds is 6. The summed E-state index contributed by atoms with van der Waals surface area (Å²) in [6, 6.07) is 7.00. The van der Waals surface area contributed by atoms with Gasteiger partial charge in [-0.25, -0.2) is 18.4 Å². The predicted octanol–water partition coefficient (Wildman–Crippen LogP) is 4.02. The van der Waals surface area contributed by atoms with E-state index in [0.29, 0.717) is 17.8 Å². The van der Waals surface area contributed by atoms with Crippen LogP contribution in [0.2, 0.25) is 0 Å². The van der Waals surface area contributed by atoms with E-state index in [1.54, 1.807) is 18.5 Å². The lowest BCUT2D eigenvalue weighted by atomic mass is 10.3. The number of hydrogen-bond acceptors (Lipinski definition) is 7. The molecule has 0 spiro atoms. The molecule has 3 aromatic rings. The van der Waals surface area contributed by atoms with Crippen molar-refractivity contribution < 1.29 is 26.4 Å². The molecular weight excluding hydrogens is 441 g/mol. The second-order valence-corrected chi connectivity index (χ2v) is 9.32. The van der Waals surface area contributed by atoms with E-state index in [9.17, 15) is 21.6 Å². The first-order valence-corrected chi connectivity index (χ1v) is 11.3. The number of thioether (sulfide) groups is 1. The van der Waals surface area contributed by atoms with Crippen LogP contribution in [-0.2, 0) is 21.7 Å². The van der Waals surface area contributed by atoms with E-state index < -0.39 is 15.3 Å². The number of pyridine rings is 1. The van der Waals surface area contributed by atoms with Gasteiger partial charge in [0, 0.05) is 18.2 Å². The number of halogens is 3. The number of benzene rings is 1. The van der Waals surface area contributed by atoms with Gasteiger partial charge in [0.1, 0.15) is 12.3 Å². The predicted molar refractivity (Wildman–Crippen MR) is 108 cm³/mol. The number of oxime groups is 1. The summed E-state index contributed by atoms with van der Waals surface area (Å²) in [5, 5.41) is 3.72. The van der Waals surface area contributed by atoms with Crippen molar-refractivity contribution in [1.29, 1.82) is 0 Å². The van der Waals surface area contributed by atoms with Crippen molar-refractivity contribution in [2.75, 3.05) is 12.9 Å². The molecule has 3 rings (SSSR count). The van der Waals surface area contributed by atoms with E-state index in [0.717, 1.165) is 6.26 Å². The first-order valence-electron chi connectivity index (χ1n) is 8.58. The Morgan fingerprint density at radius 2 is 1.97 bits per heavy atom. The highest BCUT2D eigenvalue weighted by Crippen LogP contribution is 2.38. The van der Waals surface area contributed by atoms with Gasteiger partial charge in [-0.1, -0.05) is 5.16 Å². The van der Waals surface area contributed by atoms with Gasteiger partial charge < -0.3 is 9.40 Å². The van der Waals surface area contributed by atoms with E-state index in [2.05, 4.69) is 15.1 Å². The zero-order chi connectivity index (χ0) is 22.1. The number of hydrogen-bond donors (Lipinski definition) is 0. The second-order valence-electron chi connectivity index (χ2n) is 6.20. The Kier molecular flexibility index (Phi) is 6.09. The van der Waals surface area contributed by atoms with Gasteiger partial charge in [-0.15, -0.1) is 0 Å². The molecule has 30 heavy (non-hydrogen) atoms. The Labute approximate surface area is 174 Å². The van der Waals surface area contributed by atoms with E-state index in [1.807, 2.05) is 0 Å². The number of fused-ring (bicyclic) bond motifs is 1. The minimum absolute atomic E-state index is 0.0199. The summed E-state index contributed by atoms with van der Waals surface area (Å²) in [6.45, 7) is 2.11. The van der Waals surface area contributed by atoms with Crippen LogP contribution in [0, 0.1) is 0 Å². The van der Waals surface area contributed by atoms with Crippen LogP contribution in [0.5, 0.6) is 0 Å². The van der Waals surface area contributed by atoms with Crippen molar-refractivity contribution >= 4 is 38.8 Å². The Morgan fingerprint density at radius 1 is 1.23 bits per heavy atom. The fourth-order valence-corrected chi connectivity index (χ4v) is 4.12. The molecule has 0 aliphatic carbocycles. The zero-order valence-electron chi connectivity index (χ0n) is 16.1. The molecule has 12 heteroatoms. The zero-order valence-corrected chi connectivity index (χ0v) is 17.8. The number of sulfone groups is 1. The largest absolute Gasteiger partial charge is 0.446 e. The number of imidazole rings is 1. The summed E-state index contributed by atoms with van der Waals surface area (Å²) >= 11 is -0.244. The minimum Gasteiger partial charge on any atom is -0.396 e. The van der Waals surface area contributed by atoms with Crippen molar-refractivity contribution in [3.05, 3.63) is 36.0 Å². The molecule has 0 bridgehead atoms. The highest BCUT2D eigenvalue weighted by Gasteiger charge is 2.29. The van der Waals surface area contributed by atoms with Crippen LogP contribution in [0.4, 0.5) is 13.2 Å². The van der Waals surface area contributed by atoms with Gasteiger partial charge >= 0.3 is 5.51 Å². The first kappa shape index (κ1) is 22.1. The molecule has 0 atom stereocenters. The highest BCUT2D eigenvalue weighted by molar-refractivity contribution is 8.00. The van der Waals surface area contributed by atoms with Gasteiger partial charge in [0.2, 0.25) is 0 Å². The van der Waals surface area contributed by atoms with Crippen LogP contribution in [0.1, 0.15) is 12.6 Å². The van der Waals surface area contributed by atoms with E-state index >= 15 is 0 Å². The Balaban J connectivity index is 2.17. The van der Waals surface area contributed by atoms with Gasteiger partial charge in [0.05, 0.1) is 27.8 Å².